The summed E-state index contributed by atoms with van der Waals surface area (Å²) in [6.45, 7) is 0.223. The zero-order chi connectivity index (χ0) is 24.4. The van der Waals surface area contributed by atoms with Gasteiger partial charge in [0.2, 0.25) is 0 Å². The number of halogens is 1. The largest absolute Gasteiger partial charge is 0.348 e. The summed E-state index contributed by atoms with van der Waals surface area (Å²) < 4.78 is 41.0. The summed E-state index contributed by atoms with van der Waals surface area (Å²) in [7, 11) is -4.02. The lowest BCUT2D eigenvalue weighted by Crippen LogP contribution is -2.23. The first-order valence-electron chi connectivity index (χ1n) is 10.8. The second-order valence-corrected chi connectivity index (χ2v) is 9.68. The van der Waals surface area contributed by atoms with E-state index in [9.17, 15) is 17.6 Å². The molecule has 0 saturated heterocycles. The fourth-order valence-corrected chi connectivity index (χ4v) is 5.08. The van der Waals surface area contributed by atoms with Gasteiger partial charge in [0.25, 0.3) is 15.9 Å². The van der Waals surface area contributed by atoms with Gasteiger partial charge in [-0.25, -0.2) is 4.39 Å². The summed E-state index contributed by atoms with van der Waals surface area (Å²) in [4.78, 5) is 12.5. The molecule has 0 saturated carbocycles. The Kier molecular flexibility index (Phi) is 5.88. The summed E-state index contributed by atoms with van der Waals surface area (Å²) in [5.74, 6) is -0.716. The third-order valence-corrected chi connectivity index (χ3v) is 7.21. The van der Waals surface area contributed by atoms with Gasteiger partial charge in [-0.2, -0.15) is 17.6 Å². The van der Waals surface area contributed by atoms with Gasteiger partial charge in [-0.3, -0.25) is 4.79 Å². The highest BCUT2D eigenvalue weighted by molar-refractivity contribution is 7.90. The van der Waals surface area contributed by atoms with Crippen LogP contribution >= 0.6 is 0 Å². The molecule has 6 nitrogen and oxygen atoms in total. The Balaban J connectivity index is 1.42. The molecule has 4 aromatic carbocycles. The molecule has 1 aromatic heterocycles. The van der Waals surface area contributed by atoms with Gasteiger partial charge in [0.15, 0.2) is 0 Å². The Bertz CT molecular complexity index is 1610. The highest BCUT2D eigenvalue weighted by Crippen LogP contribution is 2.30. The van der Waals surface area contributed by atoms with Crippen molar-refractivity contribution in [2.75, 3.05) is 0 Å². The minimum Gasteiger partial charge on any atom is -0.348 e. The van der Waals surface area contributed by atoms with Crippen molar-refractivity contribution in [1.29, 1.82) is 0 Å². The summed E-state index contributed by atoms with van der Waals surface area (Å²) >= 11 is 0. The van der Waals surface area contributed by atoms with Gasteiger partial charge in [-0.05, 0) is 48.0 Å². The molecule has 0 aliphatic heterocycles. The number of carbonyl (C=O) groups excluding carboxylic acids is 1. The lowest BCUT2D eigenvalue weighted by Gasteiger charge is -2.08. The summed E-state index contributed by atoms with van der Waals surface area (Å²) in [6, 6.07) is 28.1. The van der Waals surface area contributed by atoms with Crippen LogP contribution in [0, 0.1) is 5.82 Å². The molecule has 0 aliphatic rings. The van der Waals surface area contributed by atoms with Gasteiger partial charge in [0, 0.05) is 23.1 Å². The van der Waals surface area contributed by atoms with Crippen LogP contribution in [0.2, 0.25) is 0 Å². The third-order valence-electron chi connectivity index (χ3n) is 5.61. The molecule has 0 fully saturated rings. The van der Waals surface area contributed by atoms with Crippen molar-refractivity contribution in [1.82, 2.24) is 14.5 Å². The van der Waals surface area contributed by atoms with Crippen LogP contribution in [0.5, 0.6) is 0 Å². The van der Waals surface area contributed by atoms with Crippen LogP contribution in [0.25, 0.3) is 22.2 Å². The second kappa shape index (κ2) is 9.15. The predicted octanol–water partition coefficient (Wildman–Crippen LogP) is 5.01. The van der Waals surface area contributed by atoms with E-state index in [1.807, 2.05) is 42.5 Å². The fourth-order valence-electron chi connectivity index (χ4n) is 3.80. The number of hydrogen-bond acceptors (Lipinski definition) is 4. The normalized spacial score (nSPS) is 11.5. The molecule has 1 N–H and O–H groups in total. The van der Waals surface area contributed by atoms with Crippen LogP contribution in [-0.4, -0.2) is 23.5 Å². The zero-order valence-electron chi connectivity index (χ0n) is 18.4. The van der Waals surface area contributed by atoms with Crippen LogP contribution in [0.15, 0.2) is 108 Å². The van der Waals surface area contributed by atoms with Crippen molar-refractivity contribution < 1.29 is 17.6 Å². The Morgan fingerprint density at radius 1 is 0.829 bits per heavy atom. The molecule has 5 aromatic rings. The lowest BCUT2D eigenvalue weighted by molar-refractivity contribution is 0.0951. The summed E-state index contributed by atoms with van der Waals surface area (Å²) in [5.41, 5.74) is 2.90. The third kappa shape index (κ3) is 4.43. The molecule has 5 rings (SSSR count). The average Bonchev–Trinajstić information content (AvgIpc) is 3.29. The van der Waals surface area contributed by atoms with Gasteiger partial charge in [-0.1, -0.05) is 60.7 Å². The molecule has 0 spiro atoms. The first kappa shape index (κ1) is 22.5. The maximum atomic E-state index is 13.5. The topological polar surface area (TPSA) is 81.1 Å². The van der Waals surface area contributed by atoms with Crippen molar-refractivity contribution in [3.63, 3.8) is 0 Å². The van der Waals surface area contributed by atoms with E-state index in [0.29, 0.717) is 16.8 Å². The SMILES string of the molecule is O=C(NCc1ccc(F)cc1)c1ccc(S(=O)(=O)n2nc(-c3ccccc3)c3ccccc32)cc1. The van der Waals surface area contributed by atoms with Gasteiger partial charge in [0.05, 0.1) is 10.4 Å². The monoisotopic (exact) mass is 485 g/mol. The minimum absolute atomic E-state index is 0.0143. The molecular weight excluding hydrogens is 465 g/mol. The zero-order valence-corrected chi connectivity index (χ0v) is 19.2. The molecule has 1 heterocycles. The number of nitrogens with zero attached hydrogens (tertiary/aromatic N) is 2. The van der Waals surface area contributed by atoms with Gasteiger partial charge in [-0.15, -0.1) is 0 Å². The minimum atomic E-state index is -4.02. The number of rotatable bonds is 6. The second-order valence-electron chi connectivity index (χ2n) is 7.91. The van der Waals surface area contributed by atoms with Crippen molar-refractivity contribution in [3.8, 4) is 11.3 Å². The number of para-hydroxylation sites is 1. The Morgan fingerprint density at radius 2 is 1.49 bits per heavy atom. The molecule has 0 radical (unpaired) electrons. The quantitative estimate of drug-likeness (QED) is 0.367. The van der Waals surface area contributed by atoms with E-state index in [2.05, 4.69) is 10.4 Å². The summed E-state index contributed by atoms with van der Waals surface area (Å²) in [5, 5.41) is 7.92. The Hall–Kier alpha value is -4.30. The van der Waals surface area contributed by atoms with Crippen molar-refractivity contribution in [2.45, 2.75) is 11.4 Å². The van der Waals surface area contributed by atoms with Gasteiger partial charge < -0.3 is 5.32 Å². The van der Waals surface area contributed by atoms with Crippen molar-refractivity contribution in [2.24, 2.45) is 0 Å². The number of benzene rings is 4. The van der Waals surface area contributed by atoms with E-state index in [0.717, 1.165) is 20.6 Å². The number of hydrogen-bond donors (Lipinski definition) is 1. The highest BCUT2D eigenvalue weighted by Gasteiger charge is 2.23. The van der Waals surface area contributed by atoms with Gasteiger partial charge >= 0.3 is 0 Å². The van der Waals surface area contributed by atoms with E-state index in [4.69, 9.17) is 0 Å². The standard InChI is InChI=1S/C27H20FN3O3S/c28-22-14-10-19(11-15-22)18-29-27(32)21-12-16-23(17-13-21)35(33,34)31-25-9-5-4-8-24(25)26(30-31)20-6-2-1-3-7-20/h1-17H,18H2,(H,29,32). The fraction of sp³-hybridized carbons (Fsp3) is 0.0370. The van der Waals surface area contributed by atoms with Crippen molar-refractivity contribution in [3.05, 3.63) is 120 Å². The highest BCUT2D eigenvalue weighted by atomic mass is 32.2. The Labute approximate surface area is 201 Å². The molecule has 35 heavy (non-hydrogen) atoms. The number of carbonyl (C=O) groups is 1. The molecule has 0 bridgehead atoms. The molecule has 0 unspecified atom stereocenters. The van der Waals surface area contributed by atoms with Crippen LogP contribution in [0.1, 0.15) is 15.9 Å². The van der Waals surface area contributed by atoms with E-state index < -0.39 is 10.0 Å². The van der Waals surface area contributed by atoms with Crippen LogP contribution in [0.3, 0.4) is 0 Å². The molecule has 1 amide bonds. The van der Waals surface area contributed by atoms with Crippen LogP contribution < -0.4 is 5.32 Å². The number of nitrogens with one attached hydrogen (secondary N) is 1. The van der Waals surface area contributed by atoms with E-state index in [1.54, 1.807) is 24.3 Å². The lowest BCUT2D eigenvalue weighted by atomic mass is 10.1. The average molecular weight is 486 g/mol. The van der Waals surface area contributed by atoms with E-state index in [-0.39, 0.29) is 23.2 Å². The van der Waals surface area contributed by atoms with E-state index >= 15 is 0 Å². The molecule has 8 heteroatoms. The van der Waals surface area contributed by atoms with Crippen LogP contribution in [0.4, 0.5) is 4.39 Å². The smallest absolute Gasteiger partial charge is 0.283 e. The molecular formula is C27H20FN3O3S. The van der Waals surface area contributed by atoms with Crippen LogP contribution in [-0.2, 0) is 16.6 Å². The maximum absolute atomic E-state index is 13.5. The number of aromatic nitrogens is 2. The first-order valence-corrected chi connectivity index (χ1v) is 12.3. The molecule has 174 valence electrons. The predicted molar refractivity (Wildman–Crippen MR) is 132 cm³/mol. The maximum Gasteiger partial charge on any atom is 0.283 e. The molecule has 0 atom stereocenters. The Morgan fingerprint density at radius 3 is 2.20 bits per heavy atom. The number of fused-ring (bicyclic) bond motifs is 1. The summed E-state index contributed by atoms with van der Waals surface area (Å²) in [6.07, 6.45) is 0. The van der Waals surface area contributed by atoms with Gasteiger partial charge in [0.1, 0.15) is 11.5 Å². The first-order chi connectivity index (χ1) is 16.9. The van der Waals surface area contributed by atoms with Crippen molar-refractivity contribution >= 4 is 26.8 Å². The number of amides is 1. The molecule has 0 aliphatic carbocycles. The van der Waals surface area contributed by atoms with E-state index in [1.165, 1.54) is 36.4 Å².